The van der Waals surface area contributed by atoms with Crippen molar-refractivity contribution in [3.8, 4) is 46.1 Å². The van der Waals surface area contributed by atoms with Crippen LogP contribution in [0.3, 0.4) is 0 Å². The van der Waals surface area contributed by atoms with Crippen molar-refractivity contribution in [1.82, 2.24) is 14.8 Å². The van der Waals surface area contributed by atoms with Crippen molar-refractivity contribution >= 4 is 11.6 Å². The van der Waals surface area contributed by atoms with Gasteiger partial charge in [0.15, 0.2) is 28.8 Å². The molecular weight excluding hydrogens is 452 g/mol. The minimum Gasteiger partial charge on any atom is -0.463 e. The van der Waals surface area contributed by atoms with Gasteiger partial charge in [0.25, 0.3) is 5.91 Å². The Morgan fingerprint density at radius 2 is 1.60 bits per heavy atom. The van der Waals surface area contributed by atoms with Crippen LogP contribution in [0.25, 0.3) is 17.1 Å². The molecule has 35 heavy (non-hydrogen) atoms. The van der Waals surface area contributed by atoms with Gasteiger partial charge in [0, 0.05) is 16.8 Å². The van der Waals surface area contributed by atoms with Crippen LogP contribution in [0.1, 0.15) is 17.3 Å². The SMILES string of the molecule is CCOc1nc(-c2ccc3c(c2)OCO3)n(-c2ccc(NC(=O)c3ccc4c(c3)OCO4)cc2)n1. The molecule has 10 nitrogen and oxygen atoms in total. The summed E-state index contributed by atoms with van der Waals surface area (Å²) in [5.74, 6) is 2.85. The Kier molecular flexibility index (Phi) is 5.10. The van der Waals surface area contributed by atoms with Gasteiger partial charge in [-0.3, -0.25) is 4.79 Å². The van der Waals surface area contributed by atoms with E-state index in [2.05, 4.69) is 15.4 Å². The lowest BCUT2D eigenvalue weighted by atomic mass is 10.1. The number of rotatable bonds is 6. The molecule has 4 aromatic rings. The van der Waals surface area contributed by atoms with E-state index in [1.54, 1.807) is 35.0 Å². The smallest absolute Gasteiger partial charge is 0.336 e. The maximum Gasteiger partial charge on any atom is 0.336 e. The number of fused-ring (bicyclic) bond motifs is 2. The normalized spacial score (nSPS) is 13.1. The van der Waals surface area contributed by atoms with Gasteiger partial charge >= 0.3 is 6.01 Å². The summed E-state index contributed by atoms with van der Waals surface area (Å²) in [7, 11) is 0. The third-order valence-corrected chi connectivity index (χ3v) is 5.50. The Bertz CT molecular complexity index is 1420. The number of carbonyl (C=O) groups excluding carboxylic acids is 1. The van der Waals surface area contributed by atoms with E-state index in [4.69, 9.17) is 23.7 Å². The van der Waals surface area contributed by atoms with Crippen LogP contribution in [0.4, 0.5) is 5.69 Å². The molecule has 1 N–H and O–H groups in total. The van der Waals surface area contributed by atoms with E-state index in [1.807, 2.05) is 37.3 Å². The molecule has 0 unspecified atom stereocenters. The van der Waals surface area contributed by atoms with Gasteiger partial charge in [0.05, 0.1) is 12.3 Å². The minimum absolute atomic E-state index is 0.156. The predicted octanol–water partition coefficient (Wildman–Crippen LogP) is 4.04. The maximum absolute atomic E-state index is 12.7. The van der Waals surface area contributed by atoms with E-state index in [0.29, 0.717) is 46.7 Å². The van der Waals surface area contributed by atoms with Crippen molar-refractivity contribution < 1.29 is 28.5 Å². The standard InChI is InChI=1S/C25H20N4O6/c1-2-31-25-27-23(15-3-9-19-21(11-15)34-13-32-19)29(28-25)18-7-5-17(6-8-18)26-24(30)16-4-10-20-22(12-16)35-14-33-20/h3-12H,2,13-14H2,1H3,(H,26,30). The number of nitrogens with zero attached hydrogens (tertiary/aromatic N) is 3. The fraction of sp³-hybridized carbons (Fsp3) is 0.160. The molecule has 0 saturated heterocycles. The summed E-state index contributed by atoms with van der Waals surface area (Å²) >= 11 is 0. The molecular formula is C25H20N4O6. The van der Waals surface area contributed by atoms with E-state index < -0.39 is 0 Å². The highest BCUT2D eigenvalue weighted by Crippen LogP contribution is 2.36. The zero-order chi connectivity index (χ0) is 23.8. The largest absolute Gasteiger partial charge is 0.463 e. The fourth-order valence-electron chi connectivity index (χ4n) is 3.81. The number of hydrogen-bond donors (Lipinski definition) is 1. The van der Waals surface area contributed by atoms with E-state index in [1.165, 1.54) is 0 Å². The number of anilines is 1. The molecule has 3 heterocycles. The van der Waals surface area contributed by atoms with Gasteiger partial charge in [-0.1, -0.05) is 0 Å². The summed E-state index contributed by atoms with van der Waals surface area (Å²) in [4.78, 5) is 17.3. The van der Waals surface area contributed by atoms with Crippen LogP contribution < -0.4 is 29.0 Å². The van der Waals surface area contributed by atoms with E-state index in [9.17, 15) is 4.79 Å². The molecule has 1 amide bonds. The van der Waals surface area contributed by atoms with Crippen LogP contribution in [0.15, 0.2) is 60.7 Å². The fourth-order valence-corrected chi connectivity index (χ4v) is 3.81. The summed E-state index contributed by atoms with van der Waals surface area (Å²) in [5, 5.41) is 7.40. The molecule has 1 aromatic heterocycles. The number of amides is 1. The zero-order valence-electron chi connectivity index (χ0n) is 18.7. The molecule has 10 heteroatoms. The Morgan fingerprint density at radius 1 is 0.914 bits per heavy atom. The molecule has 176 valence electrons. The van der Waals surface area contributed by atoms with Crippen molar-refractivity contribution in [3.05, 3.63) is 66.2 Å². The summed E-state index contributed by atoms with van der Waals surface area (Å²) < 4.78 is 28.8. The molecule has 0 spiro atoms. The van der Waals surface area contributed by atoms with E-state index in [0.717, 1.165) is 11.3 Å². The lowest BCUT2D eigenvalue weighted by Crippen LogP contribution is -2.11. The second kappa shape index (κ2) is 8.56. The van der Waals surface area contributed by atoms with Crippen molar-refractivity contribution in [1.29, 1.82) is 0 Å². The van der Waals surface area contributed by atoms with Crippen molar-refractivity contribution in [2.75, 3.05) is 25.5 Å². The Morgan fingerprint density at radius 3 is 2.34 bits per heavy atom. The number of ether oxygens (including phenoxy) is 5. The maximum atomic E-state index is 12.7. The lowest BCUT2D eigenvalue weighted by Gasteiger charge is -2.09. The highest BCUT2D eigenvalue weighted by molar-refractivity contribution is 6.04. The molecule has 0 aliphatic carbocycles. The topological polar surface area (TPSA) is 106 Å². The van der Waals surface area contributed by atoms with Gasteiger partial charge in [-0.2, -0.15) is 4.98 Å². The number of aromatic nitrogens is 3. The molecule has 0 atom stereocenters. The van der Waals surface area contributed by atoms with Crippen LogP contribution in [-0.4, -0.2) is 40.9 Å². The molecule has 0 saturated carbocycles. The van der Waals surface area contributed by atoms with Gasteiger partial charge in [0.2, 0.25) is 13.6 Å². The first-order chi connectivity index (χ1) is 17.2. The summed E-state index contributed by atoms with van der Waals surface area (Å²) in [5.41, 5.74) is 2.65. The molecule has 2 aliphatic heterocycles. The highest BCUT2D eigenvalue weighted by Gasteiger charge is 2.20. The lowest BCUT2D eigenvalue weighted by molar-refractivity contribution is 0.102. The minimum atomic E-state index is -0.253. The van der Waals surface area contributed by atoms with Crippen LogP contribution in [0.5, 0.6) is 29.0 Å². The summed E-state index contributed by atoms with van der Waals surface area (Å²) in [6.07, 6.45) is 0. The van der Waals surface area contributed by atoms with Gasteiger partial charge in [-0.15, -0.1) is 5.10 Å². The van der Waals surface area contributed by atoms with E-state index >= 15 is 0 Å². The zero-order valence-corrected chi connectivity index (χ0v) is 18.7. The van der Waals surface area contributed by atoms with Crippen LogP contribution in [0.2, 0.25) is 0 Å². The quantitative estimate of drug-likeness (QED) is 0.448. The molecule has 0 fully saturated rings. The monoisotopic (exact) mass is 472 g/mol. The first-order valence-electron chi connectivity index (χ1n) is 11.0. The summed E-state index contributed by atoms with van der Waals surface area (Å²) in [6, 6.07) is 18.2. The van der Waals surface area contributed by atoms with Gasteiger partial charge < -0.3 is 29.0 Å². The van der Waals surface area contributed by atoms with Crippen molar-refractivity contribution in [3.63, 3.8) is 0 Å². The van der Waals surface area contributed by atoms with Crippen LogP contribution in [-0.2, 0) is 0 Å². The molecule has 2 aliphatic rings. The molecule has 3 aromatic carbocycles. The van der Waals surface area contributed by atoms with Crippen LogP contribution in [0, 0.1) is 0 Å². The predicted molar refractivity (Wildman–Crippen MR) is 125 cm³/mol. The number of nitrogens with one attached hydrogen (secondary N) is 1. The first kappa shape index (κ1) is 20.8. The third-order valence-electron chi connectivity index (χ3n) is 5.50. The number of carbonyl (C=O) groups is 1. The molecule has 0 radical (unpaired) electrons. The first-order valence-corrected chi connectivity index (χ1v) is 11.0. The average Bonchev–Trinajstić information content (AvgIpc) is 3.63. The third kappa shape index (κ3) is 3.95. The Hall–Kier alpha value is -4.73. The number of benzene rings is 3. The van der Waals surface area contributed by atoms with Gasteiger partial charge in [0.1, 0.15) is 0 Å². The second-order valence-electron chi connectivity index (χ2n) is 7.70. The average molecular weight is 472 g/mol. The van der Waals surface area contributed by atoms with Gasteiger partial charge in [-0.05, 0) is 67.6 Å². The summed E-state index contributed by atoms with van der Waals surface area (Å²) in [6.45, 7) is 2.66. The van der Waals surface area contributed by atoms with Crippen LogP contribution >= 0.6 is 0 Å². The van der Waals surface area contributed by atoms with Crippen molar-refractivity contribution in [2.24, 2.45) is 0 Å². The Labute approximate surface area is 200 Å². The van der Waals surface area contributed by atoms with Crippen molar-refractivity contribution in [2.45, 2.75) is 6.92 Å². The molecule has 6 rings (SSSR count). The highest BCUT2D eigenvalue weighted by atomic mass is 16.7. The Balaban J connectivity index is 1.26. The van der Waals surface area contributed by atoms with E-state index in [-0.39, 0.29) is 25.5 Å². The van der Waals surface area contributed by atoms with Gasteiger partial charge in [-0.25, -0.2) is 4.68 Å². The second-order valence-corrected chi connectivity index (χ2v) is 7.70. The number of hydrogen-bond acceptors (Lipinski definition) is 8. The molecule has 0 bridgehead atoms.